The molecule has 0 aliphatic heterocycles. The number of ether oxygens (including phenoxy) is 1. The first-order valence-electron chi connectivity index (χ1n) is 7.17. The summed E-state index contributed by atoms with van der Waals surface area (Å²) in [6, 6.07) is 4.58. The van der Waals surface area contributed by atoms with Crippen LogP contribution in [0.25, 0.3) is 0 Å². The highest BCUT2D eigenvalue weighted by atomic mass is 16.5. The lowest BCUT2D eigenvalue weighted by Crippen LogP contribution is -2.41. The first kappa shape index (κ1) is 18.3. The predicted octanol–water partition coefficient (Wildman–Crippen LogP) is 1.55. The van der Waals surface area contributed by atoms with Crippen molar-refractivity contribution in [3.05, 3.63) is 29.8 Å². The normalized spacial score (nSPS) is 11.4. The molecule has 124 valence electrons. The quantitative estimate of drug-likeness (QED) is 0.555. The number of carbonyl (C=O) groups is 4. The summed E-state index contributed by atoms with van der Waals surface area (Å²) in [6.07, 6.45) is 0.469. The Labute approximate surface area is 133 Å². The average molecular weight is 321 g/mol. The number of rotatable bonds is 8. The minimum Gasteiger partial charge on any atom is -0.480 e. The zero-order valence-corrected chi connectivity index (χ0v) is 13.0. The van der Waals surface area contributed by atoms with E-state index in [0.717, 1.165) is 0 Å². The van der Waals surface area contributed by atoms with Crippen LogP contribution < -0.4 is 10.1 Å². The van der Waals surface area contributed by atoms with Crippen molar-refractivity contribution < 1.29 is 29.0 Å². The molecule has 2 N–H and O–H groups in total. The van der Waals surface area contributed by atoms with Gasteiger partial charge in [-0.2, -0.15) is 0 Å². The van der Waals surface area contributed by atoms with Gasteiger partial charge in [0.05, 0.1) is 0 Å². The molecule has 0 aliphatic carbocycles. The summed E-state index contributed by atoms with van der Waals surface area (Å²) in [5.41, 5.74) is 0.231. The van der Waals surface area contributed by atoms with Crippen molar-refractivity contribution in [2.75, 3.05) is 0 Å². The average Bonchev–Trinajstić information content (AvgIpc) is 2.50. The van der Waals surface area contributed by atoms with E-state index in [9.17, 15) is 19.2 Å². The summed E-state index contributed by atoms with van der Waals surface area (Å²) in [7, 11) is 0. The van der Waals surface area contributed by atoms with Crippen molar-refractivity contribution in [3.8, 4) is 5.75 Å². The maximum absolute atomic E-state index is 12.0. The van der Waals surface area contributed by atoms with Crippen molar-refractivity contribution in [2.45, 2.75) is 39.2 Å². The minimum atomic E-state index is -1.20. The summed E-state index contributed by atoms with van der Waals surface area (Å²) >= 11 is 0. The van der Waals surface area contributed by atoms with Crippen molar-refractivity contribution in [1.29, 1.82) is 0 Å². The van der Waals surface area contributed by atoms with E-state index >= 15 is 0 Å². The maximum atomic E-state index is 12.0. The Balaban J connectivity index is 2.69. The standard InChI is InChI=1S/C16H19NO6/c1-3-12(19)6-9-14(16(21)22)17-15(20)11-4-7-13(8-5-11)23-10(2)18/h4-5,7-8,14H,3,6,9H2,1-2H3,(H,17,20)(H,21,22)/t14-/m0/s1. The highest BCUT2D eigenvalue weighted by Gasteiger charge is 2.21. The van der Waals surface area contributed by atoms with Crippen molar-refractivity contribution >= 4 is 23.6 Å². The molecule has 1 amide bonds. The summed E-state index contributed by atoms with van der Waals surface area (Å²) < 4.78 is 4.84. The van der Waals surface area contributed by atoms with Crippen LogP contribution >= 0.6 is 0 Å². The van der Waals surface area contributed by atoms with Crippen LogP contribution in [0.4, 0.5) is 0 Å². The number of amides is 1. The zero-order valence-electron chi connectivity index (χ0n) is 13.0. The summed E-state index contributed by atoms with van der Waals surface area (Å²) in [5, 5.41) is 11.5. The van der Waals surface area contributed by atoms with Gasteiger partial charge in [0, 0.05) is 25.3 Å². The van der Waals surface area contributed by atoms with Gasteiger partial charge in [-0.25, -0.2) is 4.79 Å². The van der Waals surface area contributed by atoms with Crippen LogP contribution in [-0.2, 0) is 14.4 Å². The van der Waals surface area contributed by atoms with E-state index in [0.29, 0.717) is 6.42 Å². The van der Waals surface area contributed by atoms with Gasteiger partial charge < -0.3 is 15.2 Å². The topological polar surface area (TPSA) is 110 Å². The Morgan fingerprint density at radius 3 is 2.26 bits per heavy atom. The van der Waals surface area contributed by atoms with Crippen LogP contribution in [0.1, 0.15) is 43.5 Å². The van der Waals surface area contributed by atoms with Gasteiger partial charge in [-0.1, -0.05) is 6.92 Å². The van der Waals surface area contributed by atoms with Gasteiger partial charge >= 0.3 is 11.9 Å². The molecule has 0 heterocycles. The Morgan fingerprint density at radius 2 is 1.78 bits per heavy atom. The summed E-state index contributed by atoms with van der Waals surface area (Å²) in [5.74, 6) is -2.02. The number of aliphatic carboxylic acids is 1. The number of Topliss-reactive ketones (excluding diaryl/α,β-unsaturated/α-hetero) is 1. The first-order valence-corrected chi connectivity index (χ1v) is 7.17. The minimum absolute atomic E-state index is 0.0410. The number of esters is 1. The van der Waals surface area contributed by atoms with Crippen LogP contribution in [0.3, 0.4) is 0 Å². The molecule has 0 aliphatic rings. The zero-order chi connectivity index (χ0) is 17.4. The molecule has 23 heavy (non-hydrogen) atoms. The Hall–Kier alpha value is -2.70. The van der Waals surface area contributed by atoms with Gasteiger partial charge in [0.1, 0.15) is 17.6 Å². The molecule has 0 spiro atoms. The maximum Gasteiger partial charge on any atom is 0.326 e. The highest BCUT2D eigenvalue weighted by molar-refractivity contribution is 5.96. The molecule has 1 rings (SSSR count). The van der Waals surface area contributed by atoms with E-state index in [1.54, 1.807) is 6.92 Å². The lowest BCUT2D eigenvalue weighted by atomic mass is 10.1. The molecule has 7 heteroatoms. The summed E-state index contributed by atoms with van der Waals surface area (Å²) in [6.45, 7) is 2.96. The van der Waals surface area contributed by atoms with E-state index in [-0.39, 0.29) is 29.9 Å². The van der Waals surface area contributed by atoms with Gasteiger partial charge in [-0.05, 0) is 30.7 Å². The fourth-order valence-electron chi connectivity index (χ4n) is 1.82. The lowest BCUT2D eigenvalue weighted by Gasteiger charge is -2.14. The molecule has 0 radical (unpaired) electrons. The van der Waals surface area contributed by atoms with Gasteiger partial charge in [0.25, 0.3) is 5.91 Å². The number of nitrogens with one attached hydrogen (secondary N) is 1. The van der Waals surface area contributed by atoms with Crippen molar-refractivity contribution in [3.63, 3.8) is 0 Å². The lowest BCUT2D eigenvalue weighted by molar-refractivity contribution is -0.139. The van der Waals surface area contributed by atoms with Crippen molar-refractivity contribution in [1.82, 2.24) is 5.32 Å². The molecule has 0 saturated heterocycles. The molecule has 0 bridgehead atoms. The molecule has 1 aromatic rings. The third-order valence-corrected chi connectivity index (χ3v) is 3.09. The van der Waals surface area contributed by atoms with Crippen LogP contribution in [0.2, 0.25) is 0 Å². The van der Waals surface area contributed by atoms with Crippen LogP contribution in [0, 0.1) is 0 Å². The van der Waals surface area contributed by atoms with Gasteiger partial charge in [-0.15, -0.1) is 0 Å². The number of carboxylic acid groups (broad SMARTS) is 1. The van der Waals surface area contributed by atoms with E-state index < -0.39 is 23.9 Å². The second kappa shape index (κ2) is 8.67. The number of carboxylic acids is 1. The molecule has 1 aromatic carbocycles. The van der Waals surface area contributed by atoms with E-state index in [1.165, 1.54) is 31.2 Å². The summed E-state index contributed by atoms with van der Waals surface area (Å²) in [4.78, 5) is 45.3. The molecule has 0 fully saturated rings. The third kappa shape index (κ3) is 6.29. The number of hydrogen-bond acceptors (Lipinski definition) is 5. The monoisotopic (exact) mass is 321 g/mol. The number of ketones is 1. The van der Waals surface area contributed by atoms with E-state index in [2.05, 4.69) is 5.32 Å². The molecule has 0 unspecified atom stereocenters. The number of hydrogen-bond donors (Lipinski definition) is 2. The first-order chi connectivity index (χ1) is 10.8. The Kier molecular flexibility index (Phi) is 6.92. The largest absolute Gasteiger partial charge is 0.480 e. The SMILES string of the molecule is CCC(=O)CC[C@H](NC(=O)c1ccc(OC(C)=O)cc1)C(=O)O. The van der Waals surface area contributed by atoms with E-state index in [4.69, 9.17) is 9.84 Å². The van der Waals surface area contributed by atoms with Gasteiger partial charge in [0.2, 0.25) is 0 Å². The second-order valence-corrected chi connectivity index (χ2v) is 4.91. The fraction of sp³-hybridized carbons (Fsp3) is 0.375. The molecule has 7 nitrogen and oxygen atoms in total. The fourth-order valence-corrected chi connectivity index (χ4v) is 1.82. The third-order valence-electron chi connectivity index (χ3n) is 3.09. The predicted molar refractivity (Wildman–Crippen MR) is 81.2 cm³/mol. The van der Waals surface area contributed by atoms with Gasteiger partial charge in [0.15, 0.2) is 0 Å². The number of benzene rings is 1. The van der Waals surface area contributed by atoms with Crippen LogP contribution in [0.5, 0.6) is 5.75 Å². The van der Waals surface area contributed by atoms with Crippen LogP contribution in [0.15, 0.2) is 24.3 Å². The van der Waals surface area contributed by atoms with Crippen LogP contribution in [-0.4, -0.2) is 34.8 Å². The smallest absolute Gasteiger partial charge is 0.326 e. The Bertz CT molecular complexity index is 593. The van der Waals surface area contributed by atoms with E-state index in [1.807, 2.05) is 0 Å². The number of carbonyl (C=O) groups excluding carboxylic acids is 3. The second-order valence-electron chi connectivity index (χ2n) is 4.91. The molecule has 0 saturated carbocycles. The molecule has 0 aromatic heterocycles. The molecule has 1 atom stereocenters. The molecular formula is C16H19NO6. The highest BCUT2D eigenvalue weighted by Crippen LogP contribution is 2.13. The molecular weight excluding hydrogens is 302 g/mol. The van der Waals surface area contributed by atoms with Crippen molar-refractivity contribution in [2.24, 2.45) is 0 Å². The van der Waals surface area contributed by atoms with Gasteiger partial charge in [-0.3, -0.25) is 14.4 Å². The Morgan fingerprint density at radius 1 is 1.17 bits per heavy atom.